The maximum absolute atomic E-state index is 14.2. The van der Waals surface area contributed by atoms with E-state index in [1.807, 2.05) is 78.7 Å². The summed E-state index contributed by atoms with van der Waals surface area (Å²) >= 11 is 0. The van der Waals surface area contributed by atoms with Gasteiger partial charge >= 0.3 is 0 Å². The number of aliphatic hydroxyl groups is 1. The Morgan fingerprint density at radius 3 is 2.03 bits per heavy atom. The Morgan fingerprint density at radius 1 is 0.921 bits per heavy atom. The zero-order chi connectivity index (χ0) is 27.1. The largest absolute Gasteiger partial charge is 0.392 e. The number of amides is 1. The first-order valence-electron chi connectivity index (χ1n) is 13.1. The number of benzene rings is 3. The summed E-state index contributed by atoms with van der Waals surface area (Å²) in [5.41, 5.74) is 3.12. The topological polar surface area (TPSA) is 89.9 Å². The van der Waals surface area contributed by atoms with Gasteiger partial charge in [-0.05, 0) is 61.7 Å². The Kier molecular flexibility index (Phi) is 9.20. The molecule has 3 aromatic carbocycles. The molecule has 2 N–H and O–H groups in total. The smallest absolute Gasteiger partial charge is 0.235 e. The minimum absolute atomic E-state index is 0.0216. The summed E-state index contributed by atoms with van der Waals surface area (Å²) in [5.74, 6) is -0.870. The van der Waals surface area contributed by atoms with Crippen LogP contribution >= 0.6 is 0 Å². The minimum atomic E-state index is -3.71. The van der Waals surface area contributed by atoms with Gasteiger partial charge in [-0.2, -0.15) is 0 Å². The molecule has 1 saturated heterocycles. The molecule has 1 fully saturated rings. The van der Waals surface area contributed by atoms with Crippen LogP contribution in [0.15, 0.2) is 84.9 Å². The van der Waals surface area contributed by atoms with E-state index in [1.54, 1.807) is 18.2 Å². The van der Waals surface area contributed by atoms with E-state index in [4.69, 9.17) is 0 Å². The number of carbonyl (C=O) groups excluding carboxylic acids is 1. The lowest BCUT2D eigenvalue weighted by atomic mass is 9.89. The molecular formula is C30H37N3O4S. The van der Waals surface area contributed by atoms with Gasteiger partial charge in [-0.15, -0.1) is 0 Å². The average molecular weight is 536 g/mol. The molecule has 1 aliphatic rings. The zero-order valence-corrected chi connectivity index (χ0v) is 22.8. The fourth-order valence-corrected chi connectivity index (χ4v) is 6.34. The van der Waals surface area contributed by atoms with Crippen LogP contribution in [0.3, 0.4) is 0 Å². The van der Waals surface area contributed by atoms with Gasteiger partial charge in [0, 0.05) is 19.3 Å². The third-order valence-electron chi connectivity index (χ3n) is 6.96. The summed E-state index contributed by atoms with van der Waals surface area (Å²) in [5, 5.41) is 9.57. The van der Waals surface area contributed by atoms with Crippen LogP contribution in [0.25, 0.3) is 0 Å². The van der Waals surface area contributed by atoms with Crippen molar-refractivity contribution in [3.8, 4) is 0 Å². The summed E-state index contributed by atoms with van der Waals surface area (Å²) in [6, 6.07) is 26.6. The molecule has 4 rings (SSSR count). The van der Waals surface area contributed by atoms with E-state index in [-0.39, 0.29) is 17.7 Å². The van der Waals surface area contributed by atoms with Crippen molar-refractivity contribution in [1.82, 2.24) is 9.80 Å². The lowest BCUT2D eigenvalue weighted by molar-refractivity contribution is -0.133. The van der Waals surface area contributed by atoms with Crippen LogP contribution in [-0.4, -0.2) is 67.8 Å². The number of hydrogen-bond donors (Lipinski definition) is 2. The van der Waals surface area contributed by atoms with Crippen LogP contribution in [0.5, 0.6) is 0 Å². The SMILES string of the molecule is CC(O)CS(=O)(=O)Nc1cccc([C@@H](CN2CCCC2)N(C)C(=O)C(c2ccccc2)c2ccccc2)c1. The molecule has 2 atom stereocenters. The lowest BCUT2D eigenvalue weighted by Gasteiger charge is -2.35. The predicted molar refractivity (Wildman–Crippen MR) is 151 cm³/mol. The lowest BCUT2D eigenvalue weighted by Crippen LogP contribution is -2.41. The van der Waals surface area contributed by atoms with Gasteiger partial charge in [-0.1, -0.05) is 72.8 Å². The van der Waals surface area contributed by atoms with Gasteiger partial charge in [0.2, 0.25) is 15.9 Å². The summed E-state index contributed by atoms with van der Waals surface area (Å²) < 4.78 is 27.5. The molecular weight excluding hydrogens is 498 g/mol. The number of sulfonamides is 1. The highest BCUT2D eigenvalue weighted by Crippen LogP contribution is 2.32. The van der Waals surface area contributed by atoms with Gasteiger partial charge in [0.15, 0.2) is 0 Å². The number of anilines is 1. The highest BCUT2D eigenvalue weighted by atomic mass is 32.2. The number of nitrogens with one attached hydrogen (secondary N) is 1. The summed E-state index contributed by atoms with van der Waals surface area (Å²) in [4.78, 5) is 18.4. The number of rotatable bonds is 11. The average Bonchev–Trinajstić information content (AvgIpc) is 3.41. The van der Waals surface area contributed by atoms with E-state index in [9.17, 15) is 18.3 Å². The third kappa shape index (κ3) is 7.22. The number of likely N-dealkylation sites (N-methyl/N-ethyl adjacent to an activating group) is 1. The molecule has 0 aliphatic carbocycles. The van der Waals surface area contributed by atoms with E-state index in [2.05, 4.69) is 9.62 Å². The van der Waals surface area contributed by atoms with Gasteiger partial charge in [0.05, 0.1) is 23.8 Å². The fourth-order valence-electron chi connectivity index (χ4n) is 5.14. The quantitative estimate of drug-likeness (QED) is 0.384. The first-order chi connectivity index (χ1) is 18.2. The molecule has 0 bridgehead atoms. The predicted octanol–water partition coefficient (Wildman–Crippen LogP) is 4.24. The Morgan fingerprint density at radius 2 is 1.47 bits per heavy atom. The molecule has 38 heavy (non-hydrogen) atoms. The number of hydrogen-bond acceptors (Lipinski definition) is 5. The second-order valence-corrected chi connectivity index (χ2v) is 11.9. The molecule has 3 aromatic rings. The highest BCUT2D eigenvalue weighted by molar-refractivity contribution is 7.92. The van der Waals surface area contributed by atoms with Crippen LogP contribution < -0.4 is 4.72 Å². The number of aliphatic hydroxyl groups excluding tert-OH is 1. The van der Waals surface area contributed by atoms with Crippen molar-refractivity contribution in [2.75, 3.05) is 37.2 Å². The van der Waals surface area contributed by atoms with Gasteiger partial charge < -0.3 is 14.9 Å². The highest BCUT2D eigenvalue weighted by Gasteiger charge is 2.32. The second kappa shape index (κ2) is 12.6. The molecule has 1 aliphatic heterocycles. The number of carbonyl (C=O) groups is 1. The molecule has 0 saturated carbocycles. The van der Waals surface area contributed by atoms with Gasteiger partial charge in [-0.25, -0.2) is 8.42 Å². The van der Waals surface area contributed by atoms with Crippen molar-refractivity contribution < 1.29 is 18.3 Å². The van der Waals surface area contributed by atoms with Crippen LogP contribution in [0.4, 0.5) is 5.69 Å². The zero-order valence-electron chi connectivity index (χ0n) is 22.0. The maximum Gasteiger partial charge on any atom is 0.235 e. The van der Waals surface area contributed by atoms with Gasteiger partial charge in [0.25, 0.3) is 0 Å². The summed E-state index contributed by atoms with van der Waals surface area (Å²) in [6.07, 6.45) is 1.27. The van der Waals surface area contributed by atoms with Crippen molar-refractivity contribution in [1.29, 1.82) is 0 Å². The van der Waals surface area contributed by atoms with Gasteiger partial charge in [0.1, 0.15) is 0 Å². The van der Waals surface area contributed by atoms with Crippen molar-refractivity contribution >= 4 is 21.6 Å². The first-order valence-corrected chi connectivity index (χ1v) is 14.8. The third-order valence-corrected chi connectivity index (χ3v) is 8.43. The Hall–Kier alpha value is -3.20. The Balaban J connectivity index is 1.68. The standard InChI is InChI=1S/C30H37N3O4S/c1-23(34)22-38(36,37)31-27-17-11-16-26(20-27)28(21-33-18-9-10-19-33)32(2)30(35)29(24-12-5-3-6-13-24)25-14-7-4-8-15-25/h3-8,11-17,20,23,28-29,31,34H,9-10,18-19,21-22H2,1-2H3/t23?,28-/m1/s1. The summed E-state index contributed by atoms with van der Waals surface area (Å²) in [6.45, 7) is 4.04. The molecule has 0 radical (unpaired) electrons. The Bertz CT molecular complexity index is 1250. The monoisotopic (exact) mass is 535 g/mol. The molecule has 0 spiro atoms. The molecule has 202 valence electrons. The second-order valence-electron chi connectivity index (χ2n) is 10.1. The number of nitrogens with zero attached hydrogens (tertiary/aromatic N) is 2. The molecule has 8 heteroatoms. The van der Waals surface area contributed by atoms with Crippen molar-refractivity contribution in [3.05, 3.63) is 102 Å². The van der Waals surface area contributed by atoms with Crippen molar-refractivity contribution in [2.45, 2.75) is 37.8 Å². The maximum atomic E-state index is 14.2. The fraction of sp³-hybridized carbons (Fsp3) is 0.367. The van der Waals surface area contributed by atoms with Crippen LogP contribution in [0.2, 0.25) is 0 Å². The van der Waals surface area contributed by atoms with Crippen LogP contribution in [0.1, 0.15) is 48.4 Å². The van der Waals surface area contributed by atoms with E-state index < -0.39 is 22.0 Å². The molecule has 1 unspecified atom stereocenters. The van der Waals surface area contributed by atoms with Gasteiger partial charge in [-0.3, -0.25) is 9.52 Å². The molecule has 0 aromatic heterocycles. The minimum Gasteiger partial charge on any atom is -0.392 e. The molecule has 1 heterocycles. The van der Waals surface area contributed by atoms with Crippen LogP contribution in [0, 0.1) is 0 Å². The molecule has 1 amide bonds. The van der Waals surface area contributed by atoms with Crippen molar-refractivity contribution in [2.24, 2.45) is 0 Å². The van der Waals surface area contributed by atoms with E-state index in [0.717, 1.165) is 42.6 Å². The Labute approximate surface area is 226 Å². The van der Waals surface area contributed by atoms with Crippen molar-refractivity contribution in [3.63, 3.8) is 0 Å². The normalized spacial score (nSPS) is 15.8. The number of likely N-dealkylation sites (tertiary alicyclic amines) is 1. The van der Waals surface area contributed by atoms with E-state index in [0.29, 0.717) is 12.2 Å². The van der Waals surface area contributed by atoms with E-state index in [1.165, 1.54) is 6.92 Å². The summed E-state index contributed by atoms with van der Waals surface area (Å²) in [7, 11) is -1.87. The first kappa shape index (κ1) is 27.8. The van der Waals surface area contributed by atoms with Crippen LogP contribution in [-0.2, 0) is 14.8 Å². The van der Waals surface area contributed by atoms with E-state index >= 15 is 0 Å². The molecule has 7 nitrogen and oxygen atoms in total.